The number of sulfonamides is 1. The molecule has 4 aromatic rings. The van der Waals surface area contributed by atoms with Crippen molar-refractivity contribution >= 4 is 67.1 Å². The van der Waals surface area contributed by atoms with E-state index in [-0.39, 0.29) is 32.5 Å². The van der Waals surface area contributed by atoms with Crippen molar-refractivity contribution in [1.29, 1.82) is 0 Å². The Morgan fingerprint density at radius 1 is 1.05 bits per heavy atom. The second kappa shape index (κ2) is 11.8. The summed E-state index contributed by atoms with van der Waals surface area (Å²) in [5.41, 5.74) is 2.31. The number of thiophene rings is 1. The number of carbonyl (C=O) groups is 2. The molecule has 0 atom stereocenters. The number of nitrogens with one attached hydrogen (secondary N) is 1. The predicted molar refractivity (Wildman–Crippen MR) is 158 cm³/mol. The molecule has 1 fully saturated rings. The summed E-state index contributed by atoms with van der Waals surface area (Å²) in [5, 5.41) is 2.52. The lowest BCUT2D eigenvalue weighted by atomic mass is 10.0. The van der Waals surface area contributed by atoms with Gasteiger partial charge in [-0.3, -0.25) is 14.3 Å². The van der Waals surface area contributed by atoms with Gasteiger partial charge in [-0.05, 0) is 48.2 Å². The molecule has 212 valence electrons. The van der Waals surface area contributed by atoms with E-state index >= 15 is 0 Å². The molecule has 3 aromatic heterocycles. The smallest absolute Gasteiger partial charge is 0.273 e. The number of hydrogen-bond acceptors (Lipinski definition) is 10. The molecule has 1 aromatic carbocycles. The van der Waals surface area contributed by atoms with Crippen LogP contribution in [-0.2, 0) is 19.6 Å². The number of anilines is 2. The maximum absolute atomic E-state index is 13.0. The first-order valence-corrected chi connectivity index (χ1v) is 15.2. The maximum Gasteiger partial charge on any atom is 0.273 e. The topological polar surface area (TPSA) is 135 Å². The van der Waals surface area contributed by atoms with E-state index in [0.29, 0.717) is 31.7 Å². The number of rotatable bonds is 8. The highest BCUT2D eigenvalue weighted by molar-refractivity contribution is 7.94. The van der Waals surface area contributed by atoms with Gasteiger partial charge in [-0.2, -0.15) is 0 Å². The quantitative estimate of drug-likeness (QED) is 0.293. The Labute approximate surface area is 245 Å². The number of aromatic nitrogens is 3. The van der Waals surface area contributed by atoms with Crippen molar-refractivity contribution in [1.82, 2.24) is 19.9 Å². The maximum atomic E-state index is 13.0. The number of piperazine rings is 1. The van der Waals surface area contributed by atoms with Crippen LogP contribution < -0.4 is 14.4 Å². The lowest BCUT2D eigenvalue weighted by Gasteiger charge is -2.35. The molecule has 11 nitrogen and oxygen atoms in total. The molecule has 41 heavy (non-hydrogen) atoms. The summed E-state index contributed by atoms with van der Waals surface area (Å²) in [6.07, 6.45) is 5.67. The van der Waals surface area contributed by atoms with E-state index in [4.69, 9.17) is 16.3 Å². The van der Waals surface area contributed by atoms with Gasteiger partial charge < -0.3 is 14.5 Å². The van der Waals surface area contributed by atoms with Crippen molar-refractivity contribution in [3.8, 4) is 17.0 Å². The van der Waals surface area contributed by atoms with Gasteiger partial charge in [0.1, 0.15) is 17.8 Å². The largest absolute Gasteiger partial charge is 0.480 e. The fourth-order valence-electron chi connectivity index (χ4n) is 4.42. The van der Waals surface area contributed by atoms with E-state index in [0.717, 1.165) is 33.6 Å². The summed E-state index contributed by atoms with van der Waals surface area (Å²) in [4.78, 5) is 40.6. The van der Waals surface area contributed by atoms with E-state index in [2.05, 4.69) is 24.6 Å². The number of methoxy groups -OCH3 is 1. The standard InChI is InChI=1S/C27H25ClN6O5S2/c1-17(35)3-6-24(36)33-8-10-34(11-9-33)25-20-13-18(4-5-22(20)30-16-31-25)19-14-23(26(39-2)29-15-19)32-41(37,38)27-21(28)7-12-40-27/h3-7,12-16,32H,8-11H2,1-2H3. The van der Waals surface area contributed by atoms with Crippen LogP contribution >= 0.6 is 22.9 Å². The summed E-state index contributed by atoms with van der Waals surface area (Å²) in [6, 6.07) is 8.83. The molecule has 0 saturated carbocycles. The van der Waals surface area contributed by atoms with Crippen molar-refractivity contribution < 1.29 is 22.7 Å². The predicted octanol–water partition coefficient (Wildman–Crippen LogP) is 4.01. The fraction of sp³-hybridized carbons (Fsp3) is 0.222. The molecule has 1 N–H and O–H groups in total. The molecule has 1 aliphatic heterocycles. The van der Waals surface area contributed by atoms with E-state index in [1.165, 1.54) is 38.6 Å². The van der Waals surface area contributed by atoms with Gasteiger partial charge >= 0.3 is 0 Å². The minimum atomic E-state index is -3.97. The van der Waals surface area contributed by atoms with Crippen LogP contribution in [0.5, 0.6) is 5.88 Å². The van der Waals surface area contributed by atoms with Crippen molar-refractivity contribution in [2.45, 2.75) is 11.1 Å². The number of pyridine rings is 1. The number of amides is 1. The van der Waals surface area contributed by atoms with E-state index < -0.39 is 10.0 Å². The number of ether oxygens (including phenoxy) is 1. The average molecular weight is 613 g/mol. The highest BCUT2D eigenvalue weighted by Crippen LogP contribution is 2.35. The van der Waals surface area contributed by atoms with E-state index in [1.807, 2.05) is 18.2 Å². The van der Waals surface area contributed by atoms with Crippen LogP contribution in [0.1, 0.15) is 6.92 Å². The number of hydrogen-bond donors (Lipinski definition) is 1. The lowest BCUT2D eigenvalue weighted by Crippen LogP contribution is -2.48. The molecule has 14 heteroatoms. The average Bonchev–Trinajstić information content (AvgIpc) is 3.42. The molecule has 0 unspecified atom stereocenters. The molecular formula is C27H25ClN6O5S2. The minimum absolute atomic E-state index is 0.00390. The molecule has 4 heterocycles. The van der Waals surface area contributed by atoms with Crippen LogP contribution in [0.4, 0.5) is 11.5 Å². The van der Waals surface area contributed by atoms with Crippen LogP contribution in [0.25, 0.3) is 22.0 Å². The number of ketones is 1. The van der Waals surface area contributed by atoms with Crippen LogP contribution in [0, 0.1) is 0 Å². The second-order valence-corrected chi connectivity index (χ2v) is 12.3. The number of allylic oxidation sites excluding steroid dienone is 1. The van der Waals surface area contributed by atoms with Crippen LogP contribution in [0.15, 0.2) is 64.6 Å². The zero-order chi connectivity index (χ0) is 29.1. The van der Waals surface area contributed by atoms with Crippen LogP contribution in [0.2, 0.25) is 5.02 Å². The Hall–Kier alpha value is -4.07. The van der Waals surface area contributed by atoms with Crippen molar-refractivity contribution in [3.05, 3.63) is 65.4 Å². The Bertz CT molecular complexity index is 1770. The number of fused-ring (bicyclic) bond motifs is 1. The van der Waals surface area contributed by atoms with Crippen molar-refractivity contribution in [2.75, 3.05) is 42.9 Å². The van der Waals surface area contributed by atoms with E-state index in [9.17, 15) is 18.0 Å². The lowest BCUT2D eigenvalue weighted by molar-refractivity contribution is -0.126. The number of carbonyl (C=O) groups excluding carboxylic acids is 2. The Morgan fingerprint density at radius 3 is 2.51 bits per heavy atom. The zero-order valence-corrected chi connectivity index (χ0v) is 24.5. The summed E-state index contributed by atoms with van der Waals surface area (Å²) < 4.78 is 33.8. The number of nitrogens with zero attached hydrogens (tertiary/aromatic N) is 5. The SMILES string of the molecule is COc1ncc(-c2ccc3ncnc(N4CCN(C(=O)C=CC(C)=O)CC4)c3c2)cc1NS(=O)(=O)c1sccc1Cl. The molecule has 1 saturated heterocycles. The van der Waals surface area contributed by atoms with Gasteiger partial charge in [0.05, 0.1) is 17.6 Å². The normalized spacial score (nSPS) is 14.0. The molecule has 0 spiro atoms. The Morgan fingerprint density at radius 2 is 1.83 bits per heavy atom. The number of halogens is 1. The van der Waals surface area contributed by atoms with Crippen molar-refractivity contribution in [2.24, 2.45) is 0 Å². The molecule has 0 radical (unpaired) electrons. The summed E-state index contributed by atoms with van der Waals surface area (Å²) in [6.45, 7) is 3.46. The highest BCUT2D eigenvalue weighted by atomic mass is 35.5. The van der Waals surface area contributed by atoms with Gasteiger partial charge in [0.2, 0.25) is 11.8 Å². The fourth-order valence-corrected chi connectivity index (χ4v) is 7.15. The third kappa shape index (κ3) is 6.16. The summed E-state index contributed by atoms with van der Waals surface area (Å²) >= 11 is 7.08. The molecule has 0 aliphatic carbocycles. The molecule has 5 rings (SSSR count). The molecule has 1 aliphatic rings. The second-order valence-electron chi connectivity index (χ2n) is 9.13. The third-order valence-corrected chi connectivity index (χ3v) is 9.81. The first-order valence-electron chi connectivity index (χ1n) is 12.4. The van der Waals surface area contributed by atoms with Gasteiger partial charge in [-0.1, -0.05) is 17.7 Å². The third-order valence-electron chi connectivity index (χ3n) is 6.42. The van der Waals surface area contributed by atoms with Gasteiger partial charge in [-0.15, -0.1) is 11.3 Å². The van der Waals surface area contributed by atoms with Gasteiger partial charge in [0.15, 0.2) is 9.99 Å². The Kier molecular flexibility index (Phi) is 8.20. The molecule has 1 amide bonds. The first kappa shape index (κ1) is 28.5. The highest BCUT2D eigenvalue weighted by Gasteiger charge is 2.24. The molecular weight excluding hydrogens is 588 g/mol. The molecule has 0 bridgehead atoms. The summed E-state index contributed by atoms with van der Waals surface area (Å²) in [5.74, 6) is 0.455. The minimum Gasteiger partial charge on any atom is -0.480 e. The van der Waals surface area contributed by atoms with Crippen LogP contribution in [0.3, 0.4) is 0 Å². The van der Waals surface area contributed by atoms with Crippen LogP contribution in [-0.4, -0.2) is 73.2 Å². The first-order chi connectivity index (χ1) is 19.7. The van der Waals surface area contributed by atoms with Gasteiger partial charge in [-0.25, -0.2) is 23.4 Å². The van der Waals surface area contributed by atoms with Gasteiger partial charge in [0, 0.05) is 49.4 Å². The van der Waals surface area contributed by atoms with E-state index in [1.54, 1.807) is 22.5 Å². The zero-order valence-electron chi connectivity index (χ0n) is 22.1. The monoisotopic (exact) mass is 612 g/mol. The number of benzene rings is 1. The van der Waals surface area contributed by atoms with Crippen molar-refractivity contribution in [3.63, 3.8) is 0 Å². The van der Waals surface area contributed by atoms with Gasteiger partial charge in [0.25, 0.3) is 10.0 Å². The summed E-state index contributed by atoms with van der Waals surface area (Å²) in [7, 11) is -2.56. The Balaban J connectivity index is 1.43.